The zero-order valence-corrected chi connectivity index (χ0v) is 12.8. The van der Waals surface area contributed by atoms with Crippen molar-refractivity contribution in [2.75, 3.05) is 13.1 Å². The summed E-state index contributed by atoms with van der Waals surface area (Å²) in [6, 6.07) is 20.3. The highest BCUT2D eigenvalue weighted by atomic mass is 15.1. The highest BCUT2D eigenvalue weighted by Gasteiger charge is 2.18. The third-order valence-corrected chi connectivity index (χ3v) is 3.99. The Labute approximate surface area is 123 Å². The lowest BCUT2D eigenvalue weighted by Crippen LogP contribution is -2.30. The minimum atomic E-state index is 0.466. The Balaban J connectivity index is 2.27. The predicted octanol–water partition coefficient (Wildman–Crippen LogP) is 4.62. The van der Waals surface area contributed by atoms with Crippen molar-refractivity contribution in [3.05, 3.63) is 71.3 Å². The summed E-state index contributed by atoms with van der Waals surface area (Å²) in [5, 5.41) is 0. The lowest BCUT2D eigenvalue weighted by Gasteiger charge is -2.30. The summed E-state index contributed by atoms with van der Waals surface area (Å²) in [6.07, 6.45) is 1.07. The van der Waals surface area contributed by atoms with Crippen LogP contribution in [0.1, 0.15) is 36.6 Å². The fraction of sp³-hybridized carbons (Fsp3) is 0.368. The van der Waals surface area contributed by atoms with Crippen molar-refractivity contribution in [3.8, 4) is 0 Å². The molecule has 0 aromatic heterocycles. The summed E-state index contributed by atoms with van der Waals surface area (Å²) in [5.74, 6) is 0. The van der Waals surface area contributed by atoms with Crippen molar-refractivity contribution >= 4 is 0 Å². The van der Waals surface area contributed by atoms with Crippen LogP contribution < -0.4 is 0 Å². The minimum absolute atomic E-state index is 0.466. The van der Waals surface area contributed by atoms with E-state index in [1.165, 1.54) is 16.7 Å². The lowest BCUT2D eigenvalue weighted by atomic mass is 9.96. The summed E-state index contributed by atoms with van der Waals surface area (Å²) in [6.45, 7) is 8.81. The molecule has 20 heavy (non-hydrogen) atoms. The van der Waals surface area contributed by atoms with Crippen molar-refractivity contribution < 1.29 is 0 Å². The Bertz CT molecular complexity index is 497. The maximum Gasteiger partial charge on any atom is 0.0388 e. The van der Waals surface area contributed by atoms with Gasteiger partial charge in [0.05, 0.1) is 0 Å². The first-order valence-electron chi connectivity index (χ1n) is 7.59. The van der Waals surface area contributed by atoms with Gasteiger partial charge in [-0.25, -0.2) is 0 Å². The number of likely N-dealkylation sites (N-methyl/N-ethyl adjacent to an activating group) is 1. The van der Waals surface area contributed by atoms with Gasteiger partial charge in [-0.15, -0.1) is 0 Å². The Morgan fingerprint density at radius 1 is 0.850 bits per heavy atom. The molecule has 1 heteroatoms. The number of hydrogen-bond acceptors (Lipinski definition) is 1. The second kappa shape index (κ2) is 7.25. The van der Waals surface area contributed by atoms with Gasteiger partial charge in [-0.2, -0.15) is 0 Å². The molecule has 1 nitrogen and oxygen atoms in total. The second-order valence-electron chi connectivity index (χ2n) is 5.34. The summed E-state index contributed by atoms with van der Waals surface area (Å²) >= 11 is 0. The van der Waals surface area contributed by atoms with Crippen LogP contribution in [-0.2, 0) is 6.42 Å². The fourth-order valence-corrected chi connectivity index (χ4v) is 2.75. The van der Waals surface area contributed by atoms with Crippen LogP contribution in [-0.4, -0.2) is 18.0 Å². The van der Waals surface area contributed by atoms with Crippen molar-refractivity contribution in [2.24, 2.45) is 0 Å². The molecule has 1 atom stereocenters. The van der Waals surface area contributed by atoms with E-state index in [1.54, 1.807) is 0 Å². The van der Waals surface area contributed by atoms with E-state index in [2.05, 4.69) is 80.3 Å². The summed E-state index contributed by atoms with van der Waals surface area (Å²) in [4.78, 5) is 2.54. The van der Waals surface area contributed by atoms with Crippen molar-refractivity contribution in [2.45, 2.75) is 33.2 Å². The van der Waals surface area contributed by atoms with Crippen LogP contribution in [0.4, 0.5) is 0 Å². The lowest BCUT2D eigenvalue weighted by molar-refractivity contribution is 0.217. The normalized spacial score (nSPS) is 12.6. The van der Waals surface area contributed by atoms with Crippen LogP contribution in [0.2, 0.25) is 0 Å². The van der Waals surface area contributed by atoms with E-state index >= 15 is 0 Å². The minimum Gasteiger partial charge on any atom is -0.297 e. The van der Waals surface area contributed by atoms with E-state index in [1.807, 2.05) is 0 Å². The summed E-state index contributed by atoms with van der Waals surface area (Å²) in [7, 11) is 0. The standard InChI is InChI=1S/C19H25N/c1-4-20(5-2)19(15-17-9-7-6-8-10-17)18-13-11-16(3)12-14-18/h6-14,19H,4-5,15H2,1-3H3. The summed E-state index contributed by atoms with van der Waals surface area (Å²) < 4.78 is 0. The molecule has 2 aromatic rings. The fourth-order valence-electron chi connectivity index (χ4n) is 2.75. The SMILES string of the molecule is CCN(CC)C(Cc1ccccc1)c1ccc(C)cc1. The van der Waals surface area contributed by atoms with Crippen LogP contribution in [0.25, 0.3) is 0 Å². The predicted molar refractivity (Wildman–Crippen MR) is 87.0 cm³/mol. The number of aryl methyl sites for hydroxylation is 1. The van der Waals surface area contributed by atoms with E-state index in [9.17, 15) is 0 Å². The number of nitrogens with zero attached hydrogens (tertiary/aromatic N) is 1. The maximum absolute atomic E-state index is 2.54. The first-order chi connectivity index (χ1) is 9.74. The van der Waals surface area contributed by atoms with E-state index in [4.69, 9.17) is 0 Å². The molecule has 0 N–H and O–H groups in total. The molecule has 0 saturated heterocycles. The first kappa shape index (κ1) is 14.8. The van der Waals surface area contributed by atoms with Gasteiger partial charge >= 0.3 is 0 Å². The summed E-state index contributed by atoms with van der Waals surface area (Å²) in [5.41, 5.74) is 4.15. The molecule has 0 aliphatic rings. The Morgan fingerprint density at radius 3 is 2.00 bits per heavy atom. The first-order valence-corrected chi connectivity index (χ1v) is 7.59. The van der Waals surface area contributed by atoms with Gasteiger partial charge in [0.25, 0.3) is 0 Å². The van der Waals surface area contributed by atoms with Crippen molar-refractivity contribution in [1.29, 1.82) is 0 Å². The smallest absolute Gasteiger partial charge is 0.0388 e. The van der Waals surface area contributed by atoms with Gasteiger partial charge in [0.2, 0.25) is 0 Å². The quantitative estimate of drug-likeness (QED) is 0.738. The van der Waals surface area contributed by atoms with Gasteiger partial charge in [-0.1, -0.05) is 74.0 Å². The van der Waals surface area contributed by atoms with Gasteiger partial charge in [0, 0.05) is 6.04 Å². The molecule has 0 radical (unpaired) electrons. The molecule has 0 heterocycles. The highest BCUT2D eigenvalue weighted by Crippen LogP contribution is 2.25. The van der Waals surface area contributed by atoms with Crippen LogP contribution in [0.3, 0.4) is 0 Å². The molecule has 0 aliphatic heterocycles. The number of hydrogen-bond donors (Lipinski definition) is 0. The van der Waals surface area contributed by atoms with E-state index in [-0.39, 0.29) is 0 Å². The van der Waals surface area contributed by atoms with E-state index in [0.717, 1.165) is 19.5 Å². The van der Waals surface area contributed by atoms with Gasteiger partial charge in [-0.3, -0.25) is 4.90 Å². The molecule has 0 aliphatic carbocycles. The van der Waals surface area contributed by atoms with Crippen molar-refractivity contribution in [1.82, 2.24) is 4.90 Å². The van der Waals surface area contributed by atoms with Gasteiger partial charge in [-0.05, 0) is 37.6 Å². The molecule has 1 unspecified atom stereocenters. The molecule has 2 aromatic carbocycles. The third-order valence-electron chi connectivity index (χ3n) is 3.99. The molecule has 0 spiro atoms. The maximum atomic E-state index is 2.54. The monoisotopic (exact) mass is 267 g/mol. The van der Waals surface area contributed by atoms with Gasteiger partial charge in [0.1, 0.15) is 0 Å². The molecular weight excluding hydrogens is 242 g/mol. The van der Waals surface area contributed by atoms with Crippen LogP contribution in [0.15, 0.2) is 54.6 Å². The van der Waals surface area contributed by atoms with Crippen molar-refractivity contribution in [3.63, 3.8) is 0 Å². The molecule has 0 saturated carbocycles. The number of rotatable bonds is 6. The molecule has 0 bridgehead atoms. The number of benzene rings is 2. The van der Waals surface area contributed by atoms with E-state index in [0.29, 0.717) is 6.04 Å². The molecule has 0 amide bonds. The zero-order valence-electron chi connectivity index (χ0n) is 12.8. The Kier molecular flexibility index (Phi) is 5.37. The average molecular weight is 267 g/mol. The second-order valence-corrected chi connectivity index (χ2v) is 5.34. The van der Waals surface area contributed by atoms with Gasteiger partial charge in [0.15, 0.2) is 0 Å². The van der Waals surface area contributed by atoms with E-state index < -0.39 is 0 Å². The Morgan fingerprint density at radius 2 is 1.45 bits per heavy atom. The van der Waals surface area contributed by atoms with Crippen LogP contribution in [0.5, 0.6) is 0 Å². The zero-order chi connectivity index (χ0) is 14.4. The third kappa shape index (κ3) is 3.71. The largest absolute Gasteiger partial charge is 0.297 e. The van der Waals surface area contributed by atoms with Crippen LogP contribution in [0, 0.1) is 6.92 Å². The molecule has 0 fully saturated rings. The highest BCUT2D eigenvalue weighted by molar-refractivity contribution is 5.27. The molecule has 2 rings (SSSR count). The van der Waals surface area contributed by atoms with Gasteiger partial charge < -0.3 is 0 Å². The Hall–Kier alpha value is -1.60. The molecular formula is C19H25N. The molecule has 106 valence electrons. The topological polar surface area (TPSA) is 3.24 Å². The van der Waals surface area contributed by atoms with Crippen LogP contribution >= 0.6 is 0 Å². The average Bonchev–Trinajstić information content (AvgIpc) is 2.49.